The summed E-state index contributed by atoms with van der Waals surface area (Å²) >= 11 is 0. The highest BCUT2D eigenvalue weighted by Gasteiger charge is 2.30. The number of aromatic nitrogens is 4. The first-order valence-corrected chi connectivity index (χ1v) is 8.93. The molecule has 1 amide bonds. The Morgan fingerprint density at radius 2 is 2.20 bits per heavy atom. The smallest absolute Gasteiger partial charge is 0.345 e. The van der Waals surface area contributed by atoms with Crippen LogP contribution in [0.1, 0.15) is 61.1 Å². The number of carbonyl (C=O) groups excluding carboxylic acids is 1. The van der Waals surface area contributed by atoms with E-state index in [1.54, 1.807) is 22.6 Å². The molecular formula is C17H25N5O3. The van der Waals surface area contributed by atoms with Crippen LogP contribution in [0.3, 0.4) is 0 Å². The first-order valence-electron chi connectivity index (χ1n) is 8.93. The topological polar surface area (TPSA) is 86.2 Å². The Bertz CT molecular complexity index is 804. The molecule has 1 saturated heterocycles. The summed E-state index contributed by atoms with van der Waals surface area (Å²) in [5.41, 5.74) is 0.250. The monoisotopic (exact) mass is 347 g/mol. The van der Waals surface area contributed by atoms with Crippen molar-refractivity contribution >= 4 is 5.91 Å². The van der Waals surface area contributed by atoms with Crippen molar-refractivity contribution in [2.45, 2.75) is 52.0 Å². The number of hydrogen-bond donors (Lipinski definition) is 0. The van der Waals surface area contributed by atoms with Crippen LogP contribution in [0, 0.1) is 0 Å². The van der Waals surface area contributed by atoms with Gasteiger partial charge in [-0.15, -0.1) is 0 Å². The zero-order valence-corrected chi connectivity index (χ0v) is 15.1. The van der Waals surface area contributed by atoms with E-state index < -0.39 is 0 Å². The number of piperidine rings is 1. The summed E-state index contributed by atoms with van der Waals surface area (Å²) in [5, 5.41) is 8.31. The third-order valence-corrected chi connectivity index (χ3v) is 4.70. The summed E-state index contributed by atoms with van der Waals surface area (Å²) in [5.74, 6) is 1.45. The lowest BCUT2D eigenvalue weighted by Gasteiger charge is -2.31. The molecule has 0 aliphatic carbocycles. The number of likely N-dealkylation sites (tertiary alicyclic amines) is 1. The molecule has 136 valence electrons. The van der Waals surface area contributed by atoms with Gasteiger partial charge >= 0.3 is 5.69 Å². The second-order valence-electron chi connectivity index (χ2n) is 6.53. The van der Waals surface area contributed by atoms with Crippen molar-refractivity contribution in [3.05, 3.63) is 33.8 Å². The predicted molar refractivity (Wildman–Crippen MR) is 91.5 cm³/mol. The van der Waals surface area contributed by atoms with Crippen LogP contribution < -0.4 is 5.69 Å². The summed E-state index contributed by atoms with van der Waals surface area (Å²) in [6.45, 7) is 5.80. The van der Waals surface area contributed by atoms with Crippen LogP contribution in [0.4, 0.5) is 0 Å². The Balaban J connectivity index is 1.77. The van der Waals surface area contributed by atoms with Crippen molar-refractivity contribution in [1.82, 2.24) is 24.4 Å². The Morgan fingerprint density at radius 1 is 1.40 bits per heavy atom. The molecule has 1 aliphatic heterocycles. The van der Waals surface area contributed by atoms with Crippen molar-refractivity contribution < 1.29 is 9.32 Å². The zero-order valence-electron chi connectivity index (χ0n) is 15.1. The van der Waals surface area contributed by atoms with Crippen LogP contribution in [0.2, 0.25) is 0 Å². The number of rotatable bonds is 5. The van der Waals surface area contributed by atoms with Crippen molar-refractivity contribution in [2.75, 3.05) is 13.1 Å². The van der Waals surface area contributed by atoms with Gasteiger partial charge in [0.1, 0.15) is 11.6 Å². The molecule has 2 aromatic rings. The Labute approximate surface area is 146 Å². The number of aryl methyl sites for hydroxylation is 2. The first kappa shape index (κ1) is 17.4. The number of carbonyl (C=O) groups is 1. The molecular weight excluding hydrogens is 322 g/mol. The van der Waals surface area contributed by atoms with E-state index in [0.29, 0.717) is 25.3 Å². The summed E-state index contributed by atoms with van der Waals surface area (Å²) in [4.78, 5) is 26.6. The minimum absolute atomic E-state index is 0.0635. The van der Waals surface area contributed by atoms with E-state index in [0.717, 1.165) is 37.3 Å². The standard InChI is InChI=1S/C17H25N5O3/c1-4-7-13-10-14(19-25-13)16(23)21-9-6-8-12(11-21)15-18-20(3)17(24)22(15)5-2/h10,12H,4-9,11H2,1-3H3/t12-/m1/s1. The molecule has 0 bridgehead atoms. The lowest BCUT2D eigenvalue weighted by molar-refractivity contribution is 0.0692. The molecule has 0 aromatic carbocycles. The number of hydrogen-bond acceptors (Lipinski definition) is 5. The van der Waals surface area contributed by atoms with Gasteiger partial charge in [0.05, 0.1) is 0 Å². The fourth-order valence-corrected chi connectivity index (χ4v) is 3.43. The summed E-state index contributed by atoms with van der Waals surface area (Å²) in [6.07, 6.45) is 3.52. The molecule has 0 spiro atoms. The predicted octanol–water partition coefficient (Wildman–Crippen LogP) is 1.56. The van der Waals surface area contributed by atoms with Crippen LogP contribution >= 0.6 is 0 Å². The molecule has 1 atom stereocenters. The lowest BCUT2D eigenvalue weighted by Crippen LogP contribution is -2.40. The molecule has 1 aliphatic rings. The van der Waals surface area contributed by atoms with E-state index in [9.17, 15) is 9.59 Å². The minimum atomic E-state index is -0.114. The quantitative estimate of drug-likeness (QED) is 0.819. The minimum Gasteiger partial charge on any atom is -0.361 e. The second kappa shape index (κ2) is 7.25. The van der Waals surface area contributed by atoms with Gasteiger partial charge in [0, 0.05) is 45.1 Å². The van der Waals surface area contributed by atoms with Crippen molar-refractivity contribution in [3.8, 4) is 0 Å². The summed E-state index contributed by atoms with van der Waals surface area (Å²) in [6, 6.07) is 1.73. The van der Waals surface area contributed by atoms with Gasteiger partial charge in [0.25, 0.3) is 5.91 Å². The highest BCUT2D eigenvalue weighted by molar-refractivity contribution is 5.92. The first-order chi connectivity index (χ1) is 12.0. The Hall–Kier alpha value is -2.38. The van der Waals surface area contributed by atoms with E-state index in [-0.39, 0.29) is 17.5 Å². The molecule has 3 rings (SSSR count). The van der Waals surface area contributed by atoms with E-state index in [1.807, 2.05) is 6.92 Å². The molecule has 0 radical (unpaired) electrons. The molecule has 1 fully saturated rings. The van der Waals surface area contributed by atoms with E-state index in [1.165, 1.54) is 4.68 Å². The third kappa shape index (κ3) is 3.38. The molecule has 3 heterocycles. The van der Waals surface area contributed by atoms with Crippen LogP contribution in [-0.4, -0.2) is 43.4 Å². The van der Waals surface area contributed by atoms with Gasteiger partial charge < -0.3 is 9.42 Å². The molecule has 0 unspecified atom stereocenters. The third-order valence-electron chi connectivity index (χ3n) is 4.70. The Morgan fingerprint density at radius 3 is 2.92 bits per heavy atom. The summed E-state index contributed by atoms with van der Waals surface area (Å²) < 4.78 is 8.28. The Kier molecular flexibility index (Phi) is 5.06. The molecule has 8 heteroatoms. The maximum atomic E-state index is 12.7. The SMILES string of the molecule is CCCc1cc(C(=O)N2CCC[C@@H](c3nn(C)c(=O)n3CC)C2)no1. The fraction of sp³-hybridized carbons (Fsp3) is 0.647. The number of nitrogens with zero attached hydrogens (tertiary/aromatic N) is 5. The second-order valence-corrected chi connectivity index (χ2v) is 6.53. The van der Waals surface area contributed by atoms with E-state index in [2.05, 4.69) is 17.2 Å². The average molecular weight is 347 g/mol. The molecule has 25 heavy (non-hydrogen) atoms. The molecule has 0 N–H and O–H groups in total. The van der Waals surface area contributed by atoms with E-state index >= 15 is 0 Å². The molecule has 8 nitrogen and oxygen atoms in total. The van der Waals surface area contributed by atoms with Gasteiger partial charge in [-0.1, -0.05) is 12.1 Å². The molecule has 0 saturated carbocycles. The van der Waals surface area contributed by atoms with Crippen molar-refractivity contribution in [2.24, 2.45) is 7.05 Å². The van der Waals surface area contributed by atoms with Gasteiger partial charge in [-0.25, -0.2) is 9.48 Å². The van der Waals surface area contributed by atoms with Gasteiger partial charge in [-0.2, -0.15) is 5.10 Å². The van der Waals surface area contributed by atoms with Crippen LogP contribution in [0.25, 0.3) is 0 Å². The van der Waals surface area contributed by atoms with Crippen LogP contribution in [0.15, 0.2) is 15.4 Å². The fourth-order valence-electron chi connectivity index (χ4n) is 3.43. The van der Waals surface area contributed by atoms with Crippen molar-refractivity contribution in [3.63, 3.8) is 0 Å². The largest absolute Gasteiger partial charge is 0.361 e. The lowest BCUT2D eigenvalue weighted by atomic mass is 9.97. The van der Waals surface area contributed by atoms with Gasteiger partial charge in [0.15, 0.2) is 5.69 Å². The molecule has 2 aromatic heterocycles. The maximum Gasteiger partial charge on any atom is 0.345 e. The average Bonchev–Trinajstić information content (AvgIpc) is 3.20. The summed E-state index contributed by atoms with van der Waals surface area (Å²) in [7, 11) is 1.66. The zero-order chi connectivity index (χ0) is 18.0. The number of amides is 1. The van der Waals surface area contributed by atoms with E-state index in [4.69, 9.17) is 4.52 Å². The van der Waals surface area contributed by atoms with Gasteiger partial charge in [-0.3, -0.25) is 9.36 Å². The highest BCUT2D eigenvalue weighted by atomic mass is 16.5. The van der Waals surface area contributed by atoms with Crippen LogP contribution in [-0.2, 0) is 20.0 Å². The van der Waals surface area contributed by atoms with Crippen LogP contribution in [0.5, 0.6) is 0 Å². The highest BCUT2D eigenvalue weighted by Crippen LogP contribution is 2.26. The van der Waals surface area contributed by atoms with Crippen molar-refractivity contribution in [1.29, 1.82) is 0 Å². The normalized spacial score (nSPS) is 17.9. The van der Waals surface area contributed by atoms with Gasteiger partial charge in [0.2, 0.25) is 0 Å². The maximum absolute atomic E-state index is 12.7. The van der Waals surface area contributed by atoms with Gasteiger partial charge in [-0.05, 0) is 26.2 Å².